The van der Waals surface area contributed by atoms with E-state index in [4.69, 9.17) is 14.3 Å². The van der Waals surface area contributed by atoms with E-state index in [0.29, 0.717) is 36.4 Å². The van der Waals surface area contributed by atoms with Crippen molar-refractivity contribution in [2.45, 2.75) is 136 Å². The Labute approximate surface area is 356 Å². The topological polar surface area (TPSA) is 184 Å². The highest BCUT2D eigenvalue weighted by Crippen LogP contribution is 2.30. The summed E-state index contributed by atoms with van der Waals surface area (Å²) in [6, 6.07) is 5.47. The lowest BCUT2D eigenvalue weighted by atomic mass is 9.89. The summed E-state index contributed by atoms with van der Waals surface area (Å²) in [5, 5.41) is 6.24. The number of carbonyl (C=O) groups excluding carboxylic acids is 7. The molecule has 1 aromatic rings. The fourth-order valence-corrected chi connectivity index (χ4v) is 8.57. The molecule has 2 heterocycles. The summed E-state index contributed by atoms with van der Waals surface area (Å²) in [5.74, 6) is -4.62. The van der Waals surface area contributed by atoms with Gasteiger partial charge in [0.15, 0.2) is 0 Å². The van der Waals surface area contributed by atoms with Crippen molar-refractivity contribution in [1.29, 1.82) is 0 Å². The lowest BCUT2D eigenvalue weighted by molar-refractivity contribution is -0.199. The lowest BCUT2D eigenvalue weighted by Gasteiger charge is -2.41. The number of benzene rings is 1. The number of hydrogen-bond acceptors (Lipinski definition) is 11. The first kappa shape index (κ1) is 49.9. The van der Waals surface area contributed by atoms with Crippen LogP contribution in [0.2, 0.25) is 0 Å². The fourth-order valence-electron chi connectivity index (χ4n) is 8.57. The average molecular weight is 843 g/mol. The van der Waals surface area contributed by atoms with Crippen LogP contribution >= 0.6 is 0 Å². The highest BCUT2D eigenvalue weighted by molar-refractivity contribution is 6.02. The molecule has 9 atom stereocenters. The van der Waals surface area contributed by atoms with E-state index in [1.165, 1.54) is 14.2 Å². The van der Waals surface area contributed by atoms with E-state index in [-0.39, 0.29) is 61.2 Å². The third-order valence-electron chi connectivity index (χ3n) is 12.0. The maximum Gasteiger partial charge on any atom is 0.355 e. The molecule has 2 aliphatic rings. The number of hydrogen-bond donors (Lipinski definition) is 2. The van der Waals surface area contributed by atoms with Gasteiger partial charge in [-0.25, -0.2) is 4.79 Å². The van der Waals surface area contributed by atoms with Crippen LogP contribution < -0.4 is 10.6 Å². The number of hydroxylamine groups is 2. The molecule has 60 heavy (non-hydrogen) atoms. The van der Waals surface area contributed by atoms with Gasteiger partial charge in [-0.3, -0.25) is 33.7 Å². The van der Waals surface area contributed by atoms with Crippen LogP contribution in [-0.4, -0.2) is 145 Å². The van der Waals surface area contributed by atoms with Crippen molar-refractivity contribution in [3.63, 3.8) is 0 Å². The average Bonchev–Trinajstić information content (AvgIpc) is 3.81. The normalized spacial score (nSPS) is 19.8. The van der Waals surface area contributed by atoms with Gasteiger partial charge in [-0.05, 0) is 50.3 Å². The van der Waals surface area contributed by atoms with Crippen molar-refractivity contribution in [3.8, 4) is 0 Å². The maximum absolute atomic E-state index is 14.3. The summed E-state index contributed by atoms with van der Waals surface area (Å²) in [4.78, 5) is 104. The SMILES string of the molecule is CCC(C)C(C(CC(=O)N1CCC[C@H]1[C@H](OC)[C@@H](C)C(=O)N[C@@H](Cc1ccccc1)C(=O)ON1C(=O)CCC1=O)OC)N(C)C(=O)C(NC(=O)C(C(C)C)N(C)C)C(C)C. The molecule has 3 rings (SSSR count). The highest BCUT2D eigenvalue weighted by Gasteiger charge is 2.44. The Morgan fingerprint density at radius 2 is 1.47 bits per heavy atom. The second kappa shape index (κ2) is 23.0. The molecule has 0 spiro atoms. The summed E-state index contributed by atoms with van der Waals surface area (Å²) in [6.07, 6.45) is 0.286. The molecule has 6 amide bonds. The van der Waals surface area contributed by atoms with Gasteiger partial charge in [0.25, 0.3) is 11.8 Å². The lowest BCUT2D eigenvalue weighted by Crippen LogP contribution is -2.59. The number of likely N-dealkylation sites (tertiary alicyclic amines) is 1. The monoisotopic (exact) mass is 843 g/mol. The smallest absolute Gasteiger partial charge is 0.355 e. The molecule has 0 saturated carbocycles. The van der Waals surface area contributed by atoms with Crippen LogP contribution in [0.15, 0.2) is 30.3 Å². The van der Waals surface area contributed by atoms with Gasteiger partial charge in [-0.2, -0.15) is 0 Å². The number of methoxy groups -OCH3 is 2. The molecule has 5 unspecified atom stereocenters. The van der Waals surface area contributed by atoms with Crippen LogP contribution in [0.1, 0.15) is 92.6 Å². The van der Waals surface area contributed by atoms with Gasteiger partial charge in [0.1, 0.15) is 12.1 Å². The zero-order chi connectivity index (χ0) is 45.0. The summed E-state index contributed by atoms with van der Waals surface area (Å²) in [5.41, 5.74) is 0.714. The molecular weight excluding hydrogens is 773 g/mol. The quantitative estimate of drug-likeness (QED) is 0.164. The molecule has 2 N–H and O–H groups in total. The van der Waals surface area contributed by atoms with Gasteiger partial charge in [0.2, 0.25) is 23.6 Å². The summed E-state index contributed by atoms with van der Waals surface area (Å²) in [6.45, 7) is 13.8. The largest absolute Gasteiger partial charge is 0.379 e. The molecule has 0 radical (unpaired) electrons. The predicted molar refractivity (Wildman–Crippen MR) is 224 cm³/mol. The van der Waals surface area contributed by atoms with E-state index in [0.717, 1.165) is 0 Å². The minimum atomic E-state index is -1.24. The highest BCUT2D eigenvalue weighted by atomic mass is 16.7. The second-order valence-electron chi connectivity index (χ2n) is 17.2. The van der Waals surface area contributed by atoms with E-state index in [1.807, 2.05) is 66.6 Å². The minimum absolute atomic E-state index is 0.0167. The zero-order valence-electron chi connectivity index (χ0n) is 37.8. The zero-order valence-corrected chi connectivity index (χ0v) is 37.8. The molecule has 16 nitrogen and oxygen atoms in total. The Morgan fingerprint density at radius 1 is 0.850 bits per heavy atom. The predicted octanol–water partition coefficient (Wildman–Crippen LogP) is 2.97. The molecule has 1 aromatic carbocycles. The Bertz CT molecular complexity index is 1620. The Morgan fingerprint density at radius 3 is 1.98 bits per heavy atom. The van der Waals surface area contributed by atoms with E-state index in [9.17, 15) is 33.6 Å². The van der Waals surface area contributed by atoms with Gasteiger partial charge < -0.3 is 34.7 Å². The first-order valence-corrected chi connectivity index (χ1v) is 21.3. The number of nitrogens with zero attached hydrogens (tertiary/aromatic N) is 4. The van der Waals surface area contributed by atoms with Crippen molar-refractivity contribution in [2.24, 2.45) is 23.7 Å². The van der Waals surface area contributed by atoms with Gasteiger partial charge in [-0.15, -0.1) is 5.06 Å². The van der Waals surface area contributed by atoms with Crippen molar-refractivity contribution < 1.29 is 47.9 Å². The van der Waals surface area contributed by atoms with Crippen LogP contribution in [0, 0.1) is 23.7 Å². The minimum Gasteiger partial charge on any atom is -0.379 e. The van der Waals surface area contributed by atoms with Gasteiger partial charge in [0.05, 0.1) is 42.7 Å². The first-order valence-electron chi connectivity index (χ1n) is 21.3. The van der Waals surface area contributed by atoms with Crippen molar-refractivity contribution in [3.05, 3.63) is 35.9 Å². The molecule has 0 aliphatic carbocycles. The molecule has 2 fully saturated rings. The third kappa shape index (κ3) is 12.6. The number of nitrogens with one attached hydrogen (secondary N) is 2. The molecule has 0 bridgehead atoms. The first-order chi connectivity index (χ1) is 28.3. The number of ether oxygens (including phenoxy) is 2. The van der Waals surface area contributed by atoms with Crippen LogP contribution in [0.25, 0.3) is 0 Å². The Kier molecular flexibility index (Phi) is 19.1. The molecule has 16 heteroatoms. The Hall–Kier alpha value is -4.41. The van der Waals surface area contributed by atoms with E-state index in [1.54, 1.807) is 48.0 Å². The van der Waals surface area contributed by atoms with Crippen molar-refractivity contribution in [2.75, 3.05) is 41.9 Å². The number of carbonyl (C=O) groups is 7. The molecule has 2 saturated heterocycles. The Balaban J connectivity index is 1.81. The summed E-state index contributed by atoms with van der Waals surface area (Å²) >= 11 is 0. The van der Waals surface area contributed by atoms with Gasteiger partial charge in [-0.1, -0.05) is 85.2 Å². The van der Waals surface area contributed by atoms with Crippen LogP contribution in [0.4, 0.5) is 0 Å². The number of likely N-dealkylation sites (N-methyl/N-ethyl adjacent to an activating group) is 2. The van der Waals surface area contributed by atoms with Crippen LogP contribution in [-0.2, 0) is 54.3 Å². The maximum atomic E-state index is 14.3. The summed E-state index contributed by atoms with van der Waals surface area (Å²) in [7, 11) is 8.37. The van der Waals surface area contributed by atoms with Crippen LogP contribution in [0.5, 0.6) is 0 Å². The fraction of sp³-hybridized carbons (Fsp3) is 0.705. The second-order valence-corrected chi connectivity index (χ2v) is 17.2. The molecular formula is C44H70N6O10. The third-order valence-corrected chi connectivity index (χ3v) is 12.0. The van der Waals surface area contributed by atoms with E-state index in [2.05, 4.69) is 10.6 Å². The van der Waals surface area contributed by atoms with Crippen LogP contribution in [0.3, 0.4) is 0 Å². The van der Waals surface area contributed by atoms with Crippen molar-refractivity contribution in [1.82, 2.24) is 30.4 Å². The number of rotatable bonds is 22. The molecule has 2 aliphatic heterocycles. The van der Waals surface area contributed by atoms with Gasteiger partial charge >= 0.3 is 5.97 Å². The van der Waals surface area contributed by atoms with Gasteiger partial charge in [0, 0.05) is 47.1 Å². The number of amides is 6. The standard InChI is InChI=1S/C44H70N6O10/c1-13-28(6)39(48(10)43(56)37(26(2)3)46-42(55)38(27(4)5)47(8)9)33(58-11)25-36(53)49-23-17-20-32(49)40(59-12)29(7)41(54)45-31(24-30-18-15-14-16-19-30)44(57)60-50-34(51)21-22-35(50)52/h14-16,18-19,26-29,31-33,37-40H,13,17,20-25H2,1-12H3,(H,45,54)(H,46,55)/t28?,29-,31+,32+,33?,37?,38?,39?,40-/m1/s1. The molecule has 0 aromatic heterocycles. The molecule has 336 valence electrons. The van der Waals surface area contributed by atoms with E-state index >= 15 is 0 Å². The van der Waals surface area contributed by atoms with Crippen molar-refractivity contribution >= 4 is 41.4 Å². The van der Waals surface area contributed by atoms with E-state index < -0.39 is 72.0 Å². The summed E-state index contributed by atoms with van der Waals surface area (Å²) < 4.78 is 12.0. The number of imide groups is 1.